The van der Waals surface area contributed by atoms with Gasteiger partial charge in [0.1, 0.15) is 5.82 Å². The monoisotopic (exact) mass is 436 g/mol. The molecule has 1 aliphatic heterocycles. The van der Waals surface area contributed by atoms with E-state index >= 15 is 0 Å². The minimum Gasteiger partial charge on any atom is -0.384 e. The fraction of sp³-hybridized carbons (Fsp3) is 0.333. The van der Waals surface area contributed by atoms with Crippen molar-refractivity contribution in [1.82, 2.24) is 15.3 Å². The first kappa shape index (κ1) is 23.2. The summed E-state index contributed by atoms with van der Waals surface area (Å²) in [6, 6.07) is 15.7. The Morgan fingerprint density at radius 3 is 2.45 bits per heavy atom. The molecular formula is C21H26Cl2N4O2. The van der Waals surface area contributed by atoms with Crippen LogP contribution in [-0.2, 0) is 9.53 Å². The van der Waals surface area contributed by atoms with E-state index in [-0.39, 0.29) is 30.7 Å². The minimum atomic E-state index is -0.461. The van der Waals surface area contributed by atoms with Gasteiger partial charge in [-0.15, -0.1) is 24.8 Å². The Bertz CT molecular complexity index is 899. The number of para-hydroxylation sites is 2. The summed E-state index contributed by atoms with van der Waals surface area (Å²) in [7, 11) is 1.65. The van der Waals surface area contributed by atoms with E-state index in [0.29, 0.717) is 6.61 Å². The molecule has 0 saturated carbocycles. The molecule has 29 heavy (non-hydrogen) atoms. The van der Waals surface area contributed by atoms with E-state index in [0.717, 1.165) is 54.0 Å². The van der Waals surface area contributed by atoms with Gasteiger partial charge >= 0.3 is 0 Å². The number of piperidine rings is 1. The van der Waals surface area contributed by atoms with E-state index in [4.69, 9.17) is 4.74 Å². The van der Waals surface area contributed by atoms with Gasteiger partial charge in [0.2, 0.25) is 5.91 Å². The van der Waals surface area contributed by atoms with Crippen molar-refractivity contribution in [1.29, 1.82) is 0 Å². The number of aromatic nitrogens is 2. The summed E-state index contributed by atoms with van der Waals surface area (Å²) >= 11 is 0. The zero-order valence-electron chi connectivity index (χ0n) is 16.2. The largest absolute Gasteiger partial charge is 0.384 e. The van der Waals surface area contributed by atoms with Crippen LogP contribution in [0.4, 0.5) is 5.69 Å². The van der Waals surface area contributed by atoms with E-state index < -0.39 is 5.41 Å². The number of fused-ring (bicyclic) bond motifs is 1. The van der Waals surface area contributed by atoms with Gasteiger partial charge < -0.3 is 20.4 Å². The van der Waals surface area contributed by atoms with Gasteiger partial charge in [-0.05, 0) is 62.3 Å². The number of rotatable bonds is 5. The van der Waals surface area contributed by atoms with Gasteiger partial charge in [0, 0.05) is 18.4 Å². The van der Waals surface area contributed by atoms with Crippen LogP contribution in [0.25, 0.3) is 22.4 Å². The molecule has 1 fully saturated rings. The van der Waals surface area contributed by atoms with Crippen LogP contribution in [0, 0.1) is 5.41 Å². The molecule has 3 aromatic rings. The molecule has 0 spiro atoms. The van der Waals surface area contributed by atoms with E-state index in [1.807, 2.05) is 48.5 Å². The second kappa shape index (κ2) is 10.1. The quantitative estimate of drug-likeness (QED) is 0.563. The molecule has 0 bridgehead atoms. The zero-order chi connectivity index (χ0) is 18.7. The molecule has 0 unspecified atom stereocenters. The van der Waals surface area contributed by atoms with Crippen molar-refractivity contribution in [2.45, 2.75) is 12.8 Å². The van der Waals surface area contributed by atoms with Crippen molar-refractivity contribution in [3.8, 4) is 11.4 Å². The van der Waals surface area contributed by atoms with Gasteiger partial charge in [-0.1, -0.05) is 12.1 Å². The maximum Gasteiger partial charge on any atom is 0.233 e. The van der Waals surface area contributed by atoms with Crippen LogP contribution in [0.2, 0.25) is 0 Å². The van der Waals surface area contributed by atoms with Gasteiger partial charge in [0.05, 0.1) is 23.1 Å². The maximum atomic E-state index is 12.9. The Balaban J connectivity index is 0.00000150. The molecule has 4 rings (SSSR count). The van der Waals surface area contributed by atoms with Gasteiger partial charge in [0.25, 0.3) is 0 Å². The number of methoxy groups -OCH3 is 1. The van der Waals surface area contributed by atoms with Gasteiger partial charge in [-0.2, -0.15) is 0 Å². The van der Waals surface area contributed by atoms with Crippen LogP contribution in [0.3, 0.4) is 0 Å². The maximum absolute atomic E-state index is 12.9. The van der Waals surface area contributed by atoms with Crippen molar-refractivity contribution in [3.05, 3.63) is 48.5 Å². The van der Waals surface area contributed by atoms with Crippen molar-refractivity contribution in [2.75, 3.05) is 32.1 Å². The lowest BCUT2D eigenvalue weighted by molar-refractivity contribution is -0.130. The fourth-order valence-corrected chi connectivity index (χ4v) is 3.68. The summed E-state index contributed by atoms with van der Waals surface area (Å²) in [5.74, 6) is 0.852. The molecule has 8 heteroatoms. The first-order chi connectivity index (χ1) is 13.2. The first-order valence-electron chi connectivity index (χ1n) is 9.26. The normalized spacial score (nSPS) is 15.2. The number of H-pyrrole nitrogens is 1. The molecule has 156 valence electrons. The number of amides is 1. The summed E-state index contributed by atoms with van der Waals surface area (Å²) < 4.78 is 5.35. The van der Waals surface area contributed by atoms with Crippen LogP contribution in [-0.4, -0.2) is 42.7 Å². The molecule has 6 nitrogen and oxygen atoms in total. The molecule has 1 saturated heterocycles. The molecule has 1 aliphatic rings. The summed E-state index contributed by atoms with van der Waals surface area (Å²) in [4.78, 5) is 20.9. The number of carbonyl (C=O) groups excluding carboxylic acids is 1. The number of aromatic amines is 1. The number of benzene rings is 2. The van der Waals surface area contributed by atoms with Crippen molar-refractivity contribution in [2.24, 2.45) is 5.41 Å². The molecule has 2 aromatic carbocycles. The Labute approximate surface area is 182 Å². The van der Waals surface area contributed by atoms with Crippen molar-refractivity contribution in [3.63, 3.8) is 0 Å². The molecule has 0 aliphatic carbocycles. The highest BCUT2D eigenvalue weighted by Gasteiger charge is 2.39. The Kier molecular flexibility index (Phi) is 8.05. The van der Waals surface area contributed by atoms with Crippen LogP contribution in [0.15, 0.2) is 48.5 Å². The number of carbonyl (C=O) groups is 1. The standard InChI is InChI=1S/C21H24N4O2.2ClH/c1-27-14-21(10-12-22-13-11-21)20(26)23-16-8-6-15(7-9-16)19-24-17-4-2-3-5-18(17)25-19;;/h2-9,22H,10-14H2,1H3,(H,23,26)(H,24,25);2*1H. The van der Waals surface area contributed by atoms with E-state index in [1.54, 1.807) is 7.11 Å². The lowest BCUT2D eigenvalue weighted by Crippen LogP contribution is -2.47. The molecular weight excluding hydrogens is 411 g/mol. The molecule has 1 aromatic heterocycles. The smallest absolute Gasteiger partial charge is 0.233 e. The van der Waals surface area contributed by atoms with Gasteiger partial charge in [-0.25, -0.2) is 4.98 Å². The van der Waals surface area contributed by atoms with E-state index in [2.05, 4.69) is 20.6 Å². The Hall–Kier alpha value is -2.12. The van der Waals surface area contributed by atoms with Crippen molar-refractivity contribution < 1.29 is 9.53 Å². The van der Waals surface area contributed by atoms with E-state index in [1.165, 1.54) is 0 Å². The number of nitrogens with one attached hydrogen (secondary N) is 3. The fourth-order valence-electron chi connectivity index (χ4n) is 3.68. The molecule has 0 radical (unpaired) electrons. The average molecular weight is 437 g/mol. The summed E-state index contributed by atoms with van der Waals surface area (Å²) in [5.41, 5.74) is 3.26. The highest BCUT2D eigenvalue weighted by Crippen LogP contribution is 2.31. The molecule has 2 heterocycles. The lowest BCUT2D eigenvalue weighted by atomic mass is 9.78. The number of halogens is 2. The number of hydrogen-bond donors (Lipinski definition) is 3. The minimum absolute atomic E-state index is 0. The first-order valence-corrected chi connectivity index (χ1v) is 9.26. The summed E-state index contributed by atoms with van der Waals surface area (Å²) in [5, 5.41) is 6.37. The Morgan fingerprint density at radius 1 is 1.10 bits per heavy atom. The molecule has 0 atom stereocenters. The van der Waals surface area contributed by atoms with E-state index in [9.17, 15) is 4.79 Å². The van der Waals surface area contributed by atoms with Gasteiger partial charge in [0.15, 0.2) is 0 Å². The van der Waals surface area contributed by atoms with Crippen molar-refractivity contribution >= 4 is 47.4 Å². The predicted octanol–water partition coefficient (Wildman–Crippen LogP) is 4.03. The second-order valence-corrected chi connectivity index (χ2v) is 7.10. The number of ether oxygens (including phenoxy) is 1. The topological polar surface area (TPSA) is 79.0 Å². The summed E-state index contributed by atoms with van der Waals surface area (Å²) in [6.07, 6.45) is 1.56. The number of hydrogen-bond acceptors (Lipinski definition) is 4. The third-order valence-electron chi connectivity index (χ3n) is 5.27. The Morgan fingerprint density at radius 2 is 1.79 bits per heavy atom. The number of anilines is 1. The molecule has 1 amide bonds. The van der Waals surface area contributed by atoms with Gasteiger partial charge in [-0.3, -0.25) is 4.79 Å². The predicted molar refractivity (Wildman–Crippen MR) is 121 cm³/mol. The van der Waals surface area contributed by atoms with Crippen LogP contribution >= 0.6 is 24.8 Å². The third-order valence-corrected chi connectivity index (χ3v) is 5.27. The second-order valence-electron chi connectivity index (χ2n) is 7.10. The van der Waals surface area contributed by atoms with Crippen LogP contribution in [0.5, 0.6) is 0 Å². The highest BCUT2D eigenvalue weighted by molar-refractivity contribution is 5.95. The zero-order valence-corrected chi connectivity index (χ0v) is 17.9. The van der Waals surface area contributed by atoms with Crippen LogP contribution in [0.1, 0.15) is 12.8 Å². The van der Waals surface area contributed by atoms with Crippen LogP contribution < -0.4 is 10.6 Å². The lowest BCUT2D eigenvalue weighted by Gasteiger charge is -2.35. The number of nitrogens with zero attached hydrogens (tertiary/aromatic N) is 1. The SMILES string of the molecule is COCC1(C(=O)Nc2ccc(-c3nc4ccccc4[nH]3)cc2)CCNCC1.Cl.Cl. The molecule has 3 N–H and O–H groups in total. The highest BCUT2D eigenvalue weighted by atomic mass is 35.5. The number of imidazole rings is 1. The summed E-state index contributed by atoms with van der Waals surface area (Å²) in [6.45, 7) is 2.11. The average Bonchev–Trinajstić information content (AvgIpc) is 3.14. The third kappa shape index (κ3) is 4.90.